The number of pyridine rings is 1. The molecule has 0 bridgehead atoms. The van der Waals surface area contributed by atoms with Crippen molar-refractivity contribution in [2.75, 3.05) is 11.4 Å². The maximum absolute atomic E-state index is 14.3. The van der Waals surface area contributed by atoms with Gasteiger partial charge in [-0.1, -0.05) is 35.3 Å². The van der Waals surface area contributed by atoms with Gasteiger partial charge in [0.25, 0.3) is 5.91 Å². The van der Waals surface area contributed by atoms with Crippen molar-refractivity contribution in [1.82, 2.24) is 9.88 Å². The van der Waals surface area contributed by atoms with E-state index in [0.29, 0.717) is 5.02 Å². The molecule has 1 saturated carbocycles. The van der Waals surface area contributed by atoms with E-state index in [1.807, 2.05) is 0 Å². The summed E-state index contributed by atoms with van der Waals surface area (Å²) in [5.74, 6) is -1.83. The van der Waals surface area contributed by atoms with Gasteiger partial charge < -0.3 is 10.0 Å². The van der Waals surface area contributed by atoms with Crippen LogP contribution < -0.4 is 4.90 Å². The van der Waals surface area contributed by atoms with Crippen molar-refractivity contribution in [3.63, 3.8) is 0 Å². The quantitative estimate of drug-likeness (QED) is 0.823. The molecule has 0 unspecified atom stereocenters. The molecule has 2 amide bonds. The van der Waals surface area contributed by atoms with Crippen molar-refractivity contribution < 1.29 is 19.1 Å². The van der Waals surface area contributed by atoms with Crippen LogP contribution >= 0.6 is 23.2 Å². The molecule has 1 N–H and O–H groups in total. The van der Waals surface area contributed by atoms with Crippen molar-refractivity contribution in [2.45, 2.75) is 31.0 Å². The van der Waals surface area contributed by atoms with E-state index < -0.39 is 23.4 Å². The van der Waals surface area contributed by atoms with Crippen LogP contribution in [-0.4, -0.2) is 45.0 Å². The highest BCUT2D eigenvalue weighted by Crippen LogP contribution is 2.44. The summed E-state index contributed by atoms with van der Waals surface area (Å²) in [6.45, 7) is -0.144. The van der Waals surface area contributed by atoms with Gasteiger partial charge in [0, 0.05) is 30.6 Å². The van der Waals surface area contributed by atoms with E-state index >= 15 is 0 Å². The normalized spacial score (nSPS) is 24.6. The van der Waals surface area contributed by atoms with Crippen LogP contribution in [0.5, 0.6) is 0 Å². The lowest BCUT2D eigenvalue weighted by atomic mass is 9.70. The zero-order valence-corrected chi connectivity index (χ0v) is 16.1. The number of nitrogens with zero attached hydrogens (tertiary/aromatic N) is 3. The first-order valence-corrected chi connectivity index (χ1v) is 9.42. The Morgan fingerprint density at radius 1 is 1.18 bits per heavy atom. The number of rotatable bonds is 3. The number of carbonyl (C=O) groups is 2. The number of amides is 2. The Balaban J connectivity index is 1.68. The fourth-order valence-corrected chi connectivity index (χ4v) is 4.07. The summed E-state index contributed by atoms with van der Waals surface area (Å²) in [4.78, 5) is 32.6. The predicted molar refractivity (Wildman–Crippen MR) is 102 cm³/mol. The number of piperazine rings is 1. The summed E-state index contributed by atoms with van der Waals surface area (Å²) < 4.78 is 14.3. The van der Waals surface area contributed by atoms with Crippen LogP contribution in [-0.2, 0) is 16.1 Å². The molecule has 1 aromatic carbocycles. The molecule has 1 aliphatic heterocycles. The molecule has 6 nitrogen and oxygen atoms in total. The predicted octanol–water partition coefficient (Wildman–Crippen LogP) is 2.80. The van der Waals surface area contributed by atoms with E-state index in [-0.39, 0.29) is 42.7 Å². The van der Waals surface area contributed by atoms with Crippen LogP contribution in [0.4, 0.5) is 10.2 Å². The van der Waals surface area contributed by atoms with Gasteiger partial charge in [0.1, 0.15) is 12.1 Å². The first-order valence-electron chi connectivity index (χ1n) is 8.66. The van der Waals surface area contributed by atoms with Crippen molar-refractivity contribution in [3.8, 4) is 0 Å². The lowest BCUT2D eigenvalue weighted by molar-refractivity contribution is -0.167. The Hall–Kier alpha value is -2.22. The number of aromatic nitrogens is 1. The minimum absolute atomic E-state index is 0.0928. The molecule has 1 aliphatic carbocycles. The van der Waals surface area contributed by atoms with Crippen molar-refractivity contribution in [3.05, 3.63) is 58.0 Å². The second kappa shape index (κ2) is 6.99. The van der Waals surface area contributed by atoms with E-state index in [4.69, 9.17) is 23.2 Å². The number of benzene rings is 1. The van der Waals surface area contributed by atoms with Crippen LogP contribution in [0.2, 0.25) is 10.0 Å². The van der Waals surface area contributed by atoms with Gasteiger partial charge in [-0.3, -0.25) is 14.5 Å². The molecule has 0 radical (unpaired) electrons. The van der Waals surface area contributed by atoms with E-state index in [2.05, 4.69) is 4.98 Å². The lowest BCUT2D eigenvalue weighted by Crippen LogP contribution is -2.73. The van der Waals surface area contributed by atoms with E-state index in [1.54, 1.807) is 24.3 Å². The summed E-state index contributed by atoms with van der Waals surface area (Å²) in [5, 5.41) is 10.6. The number of aliphatic hydroxyl groups excluding tert-OH is 1. The van der Waals surface area contributed by atoms with Gasteiger partial charge in [-0.15, -0.1) is 0 Å². The summed E-state index contributed by atoms with van der Waals surface area (Å²) >= 11 is 11.6. The molecule has 28 heavy (non-hydrogen) atoms. The number of hydrogen-bond acceptors (Lipinski definition) is 4. The fraction of sp³-hybridized carbons (Fsp3) is 0.316. The standard InChI is InChI=1S/C19H16Cl2FN3O3/c20-12-3-1-11(2-4-12)9-25-16(27)10-24(17-15(22)5-13(21)8-23-17)18(28)19(25)6-14(26)7-19/h1-5,8,14,26H,6-7,9-10H2. The Bertz CT molecular complexity index is 948. The highest BCUT2D eigenvalue weighted by molar-refractivity contribution is 6.30. The molecule has 146 valence electrons. The van der Waals surface area contributed by atoms with E-state index in [0.717, 1.165) is 16.5 Å². The Labute approximate surface area is 170 Å². The summed E-state index contributed by atoms with van der Waals surface area (Å²) in [5.41, 5.74) is -0.419. The number of carbonyl (C=O) groups excluding carboxylic acids is 2. The zero-order chi connectivity index (χ0) is 20.1. The number of aliphatic hydroxyl groups is 1. The van der Waals surface area contributed by atoms with Gasteiger partial charge >= 0.3 is 0 Å². The maximum atomic E-state index is 14.3. The SMILES string of the molecule is O=C1CN(c2ncc(Cl)cc2F)C(=O)C2(CC(O)C2)N1Cc1ccc(Cl)cc1. The van der Waals surface area contributed by atoms with Gasteiger partial charge in [0.2, 0.25) is 5.91 Å². The summed E-state index contributed by atoms with van der Waals surface area (Å²) in [7, 11) is 0. The van der Waals surface area contributed by atoms with Crippen LogP contribution in [0.3, 0.4) is 0 Å². The fourth-order valence-electron chi connectivity index (χ4n) is 3.80. The first kappa shape index (κ1) is 19.1. The molecule has 1 saturated heterocycles. The first-order chi connectivity index (χ1) is 13.3. The molecule has 4 rings (SSSR count). The third-order valence-corrected chi connectivity index (χ3v) is 5.66. The second-order valence-corrected chi connectivity index (χ2v) is 7.92. The maximum Gasteiger partial charge on any atom is 0.254 e. The van der Waals surface area contributed by atoms with E-state index in [1.165, 1.54) is 11.1 Å². The topological polar surface area (TPSA) is 73.7 Å². The minimum atomic E-state index is -1.22. The van der Waals surface area contributed by atoms with Gasteiger partial charge in [-0.05, 0) is 23.8 Å². The molecular formula is C19H16Cl2FN3O3. The Morgan fingerprint density at radius 2 is 1.86 bits per heavy atom. The van der Waals surface area contributed by atoms with Crippen LogP contribution in [0, 0.1) is 5.82 Å². The van der Waals surface area contributed by atoms with Crippen LogP contribution in [0.1, 0.15) is 18.4 Å². The average Bonchev–Trinajstić information content (AvgIpc) is 2.62. The number of hydrogen-bond donors (Lipinski definition) is 1. The third-order valence-electron chi connectivity index (χ3n) is 5.20. The van der Waals surface area contributed by atoms with Gasteiger partial charge in [0.05, 0.1) is 11.1 Å². The monoisotopic (exact) mass is 423 g/mol. The zero-order valence-electron chi connectivity index (χ0n) is 14.6. The molecule has 1 spiro atoms. The second-order valence-electron chi connectivity index (χ2n) is 7.05. The Morgan fingerprint density at radius 3 is 2.46 bits per heavy atom. The van der Waals surface area contributed by atoms with Gasteiger partial charge in [-0.25, -0.2) is 9.37 Å². The van der Waals surface area contributed by atoms with Gasteiger partial charge in [0.15, 0.2) is 11.6 Å². The largest absolute Gasteiger partial charge is 0.393 e. The van der Waals surface area contributed by atoms with Gasteiger partial charge in [-0.2, -0.15) is 0 Å². The van der Waals surface area contributed by atoms with Crippen LogP contribution in [0.15, 0.2) is 36.5 Å². The molecule has 2 aromatic rings. The van der Waals surface area contributed by atoms with Crippen molar-refractivity contribution in [1.29, 1.82) is 0 Å². The molecular weight excluding hydrogens is 408 g/mol. The van der Waals surface area contributed by atoms with Crippen LogP contribution in [0.25, 0.3) is 0 Å². The minimum Gasteiger partial charge on any atom is -0.393 e. The smallest absolute Gasteiger partial charge is 0.254 e. The third kappa shape index (κ3) is 3.13. The molecule has 2 aliphatic rings. The summed E-state index contributed by atoms with van der Waals surface area (Å²) in [6, 6.07) is 8.00. The van der Waals surface area contributed by atoms with E-state index in [9.17, 15) is 19.1 Å². The molecule has 1 aromatic heterocycles. The molecule has 0 atom stereocenters. The van der Waals surface area contributed by atoms with Crippen molar-refractivity contribution >= 4 is 40.8 Å². The number of halogens is 3. The molecule has 2 heterocycles. The highest BCUT2D eigenvalue weighted by Gasteiger charge is 2.60. The van der Waals surface area contributed by atoms with Crippen molar-refractivity contribution in [2.24, 2.45) is 0 Å². The Kier molecular flexibility index (Phi) is 4.77. The summed E-state index contributed by atoms with van der Waals surface area (Å²) in [6.07, 6.45) is 0.709. The number of anilines is 1. The highest BCUT2D eigenvalue weighted by atomic mass is 35.5. The lowest BCUT2D eigenvalue weighted by Gasteiger charge is -2.55. The average molecular weight is 424 g/mol. The molecule has 2 fully saturated rings. The molecule has 9 heteroatoms.